The first kappa shape index (κ1) is 41.4. The third-order valence-corrected chi connectivity index (χ3v) is 7.33. The zero-order valence-corrected chi connectivity index (χ0v) is 30.4. The van der Waals surface area contributed by atoms with Crippen LogP contribution in [0, 0.1) is 17.8 Å². The number of amides is 4. The molecule has 47 heavy (non-hydrogen) atoms. The van der Waals surface area contributed by atoms with E-state index in [4.69, 9.17) is 4.74 Å². The van der Waals surface area contributed by atoms with Crippen LogP contribution < -0.4 is 21.3 Å². The van der Waals surface area contributed by atoms with Crippen molar-refractivity contribution in [2.24, 2.45) is 17.8 Å². The van der Waals surface area contributed by atoms with E-state index in [0.717, 1.165) is 11.7 Å². The van der Waals surface area contributed by atoms with Crippen LogP contribution in [-0.4, -0.2) is 73.4 Å². The Morgan fingerprint density at radius 1 is 0.745 bits per heavy atom. The van der Waals surface area contributed by atoms with E-state index >= 15 is 0 Å². The van der Waals surface area contributed by atoms with Crippen molar-refractivity contribution in [1.82, 2.24) is 21.3 Å². The number of carbonyl (C=O) groups excluding carboxylic acids is 4. The molecular formula is C34H56N4O8S. The van der Waals surface area contributed by atoms with Crippen LogP contribution in [-0.2, 0) is 35.4 Å². The Morgan fingerprint density at radius 2 is 1.19 bits per heavy atom. The second kappa shape index (κ2) is 18.7. The lowest BCUT2D eigenvalue weighted by Crippen LogP contribution is -2.58. The van der Waals surface area contributed by atoms with Crippen molar-refractivity contribution in [3.05, 3.63) is 41.3 Å². The molecule has 0 bridgehead atoms. The molecule has 0 heterocycles. The number of sulfone groups is 1. The number of benzene rings is 1. The number of hydrogen-bond donors (Lipinski definition) is 5. The van der Waals surface area contributed by atoms with Crippen molar-refractivity contribution in [2.45, 2.75) is 118 Å². The van der Waals surface area contributed by atoms with Gasteiger partial charge in [-0.1, -0.05) is 59.8 Å². The van der Waals surface area contributed by atoms with Gasteiger partial charge in [0, 0.05) is 24.1 Å². The van der Waals surface area contributed by atoms with Gasteiger partial charge in [0.25, 0.3) is 0 Å². The molecule has 12 nitrogen and oxygen atoms in total. The molecule has 0 saturated carbocycles. The molecule has 1 aromatic rings. The average molecular weight is 681 g/mol. The molecule has 1 rings (SSSR count). The van der Waals surface area contributed by atoms with Gasteiger partial charge < -0.3 is 31.1 Å². The molecule has 13 heteroatoms. The van der Waals surface area contributed by atoms with E-state index in [1.165, 1.54) is 18.2 Å². The fourth-order valence-electron chi connectivity index (χ4n) is 4.69. The Balaban J connectivity index is 3.35. The minimum absolute atomic E-state index is 0.0191. The Kier molecular flexibility index (Phi) is 16.4. The van der Waals surface area contributed by atoms with E-state index < -0.39 is 63.4 Å². The molecule has 4 atom stereocenters. The van der Waals surface area contributed by atoms with Crippen molar-refractivity contribution >= 4 is 33.7 Å². The Bertz CT molecular complexity index is 1320. The number of aromatic hydroxyl groups is 1. The van der Waals surface area contributed by atoms with Gasteiger partial charge in [-0.3, -0.25) is 14.4 Å². The van der Waals surface area contributed by atoms with Crippen LogP contribution in [0.15, 0.2) is 35.7 Å². The minimum Gasteiger partial charge on any atom is -0.508 e. The Morgan fingerprint density at radius 3 is 1.64 bits per heavy atom. The zero-order chi connectivity index (χ0) is 36.1. The third-order valence-electron chi connectivity index (χ3n) is 6.67. The van der Waals surface area contributed by atoms with E-state index in [-0.39, 0.29) is 36.3 Å². The standard InChI is InChI=1S/C34H56N4O8S/c1-21(2)17-25(15-16-47(10,44)45)35-30(40)29(20-24-11-13-26(39)14-12-24)37-31(41)27(18-22(3)4)36-32(42)28(19-23(5)6)38-33(43)46-34(7,8)9/h11-16,21-23,25,27-29,39H,17-20H2,1-10H3,(H,35,40)(H,36,42)(H,37,41)(H,38,43)/b16-15+/t25-,27+,28+,29+/m1/s1. The van der Waals surface area contributed by atoms with Gasteiger partial charge in [-0.15, -0.1) is 0 Å². The lowest BCUT2D eigenvalue weighted by molar-refractivity contribution is -0.133. The normalized spacial score (nSPS) is 14.8. The highest BCUT2D eigenvalue weighted by atomic mass is 32.2. The van der Waals surface area contributed by atoms with E-state index in [9.17, 15) is 32.7 Å². The maximum atomic E-state index is 13.8. The molecule has 0 unspecified atom stereocenters. The van der Waals surface area contributed by atoms with Crippen LogP contribution in [0.2, 0.25) is 0 Å². The Hall–Kier alpha value is -3.61. The summed E-state index contributed by atoms with van der Waals surface area (Å²) in [6.45, 7) is 16.6. The summed E-state index contributed by atoms with van der Waals surface area (Å²) in [6, 6.07) is 2.45. The van der Waals surface area contributed by atoms with Crippen molar-refractivity contribution < 1.29 is 37.4 Å². The first-order valence-electron chi connectivity index (χ1n) is 16.1. The number of ether oxygens (including phenoxy) is 1. The topological polar surface area (TPSA) is 180 Å². The molecule has 0 aromatic heterocycles. The zero-order valence-electron chi connectivity index (χ0n) is 29.5. The van der Waals surface area contributed by atoms with E-state index in [1.54, 1.807) is 32.9 Å². The summed E-state index contributed by atoms with van der Waals surface area (Å²) >= 11 is 0. The molecule has 0 aliphatic heterocycles. The maximum absolute atomic E-state index is 13.8. The van der Waals surface area contributed by atoms with Gasteiger partial charge in [-0.05, 0) is 75.5 Å². The molecule has 1 aromatic carbocycles. The number of carbonyl (C=O) groups is 4. The predicted octanol–water partition coefficient (Wildman–Crippen LogP) is 3.98. The number of rotatable bonds is 17. The summed E-state index contributed by atoms with van der Waals surface area (Å²) in [5.74, 6) is -1.53. The van der Waals surface area contributed by atoms with Crippen LogP contribution in [0.4, 0.5) is 4.79 Å². The summed E-state index contributed by atoms with van der Waals surface area (Å²) in [5.41, 5.74) is -0.122. The van der Waals surface area contributed by atoms with Crippen LogP contribution in [0.25, 0.3) is 0 Å². The van der Waals surface area contributed by atoms with E-state index in [2.05, 4.69) is 21.3 Å². The summed E-state index contributed by atoms with van der Waals surface area (Å²) in [7, 11) is -3.45. The first-order valence-corrected chi connectivity index (χ1v) is 18.1. The van der Waals surface area contributed by atoms with Crippen molar-refractivity contribution in [2.75, 3.05) is 6.26 Å². The van der Waals surface area contributed by atoms with Gasteiger partial charge in [-0.25, -0.2) is 13.2 Å². The molecule has 4 amide bonds. The average Bonchev–Trinajstić information content (AvgIpc) is 2.89. The SMILES string of the molecule is CC(C)C[C@@H](/C=C/S(C)(=O)=O)NC(=O)[C@H](Cc1ccc(O)cc1)NC(=O)[C@H](CC(C)C)NC(=O)[C@H](CC(C)C)NC(=O)OC(C)(C)C. The summed E-state index contributed by atoms with van der Waals surface area (Å²) in [6.07, 6.45) is 2.77. The molecule has 0 fully saturated rings. The largest absolute Gasteiger partial charge is 0.508 e. The summed E-state index contributed by atoms with van der Waals surface area (Å²) in [4.78, 5) is 53.5. The number of alkyl carbamates (subject to hydrolysis) is 1. The molecule has 266 valence electrons. The second-order valence-electron chi connectivity index (χ2n) is 14.4. The first-order chi connectivity index (χ1) is 21.5. The number of nitrogens with one attached hydrogen (secondary N) is 4. The monoisotopic (exact) mass is 680 g/mol. The van der Waals surface area contributed by atoms with E-state index in [1.807, 2.05) is 41.5 Å². The minimum atomic E-state index is -3.45. The number of phenolic OH excluding ortho intramolecular Hbond substituents is 1. The molecule has 5 N–H and O–H groups in total. The smallest absolute Gasteiger partial charge is 0.408 e. The van der Waals surface area contributed by atoms with Crippen molar-refractivity contribution in [3.8, 4) is 5.75 Å². The van der Waals surface area contributed by atoms with Crippen molar-refractivity contribution in [1.29, 1.82) is 0 Å². The van der Waals surface area contributed by atoms with Crippen LogP contribution in [0.1, 0.15) is 87.1 Å². The van der Waals surface area contributed by atoms with Gasteiger partial charge in [0.1, 0.15) is 29.5 Å². The summed E-state index contributed by atoms with van der Waals surface area (Å²) in [5, 5.41) is 21.8. The lowest BCUT2D eigenvalue weighted by Gasteiger charge is -2.28. The van der Waals surface area contributed by atoms with E-state index in [0.29, 0.717) is 18.4 Å². The van der Waals surface area contributed by atoms with Crippen molar-refractivity contribution in [3.63, 3.8) is 0 Å². The fourth-order valence-corrected chi connectivity index (χ4v) is 5.17. The fraction of sp³-hybridized carbons (Fsp3) is 0.647. The van der Waals surface area contributed by atoms with Gasteiger partial charge in [0.05, 0.1) is 0 Å². The molecule has 0 aliphatic rings. The maximum Gasteiger partial charge on any atom is 0.408 e. The van der Waals surface area contributed by atoms with Crippen LogP contribution in [0.3, 0.4) is 0 Å². The van der Waals surface area contributed by atoms with Gasteiger partial charge in [0.2, 0.25) is 17.7 Å². The molecule has 0 radical (unpaired) electrons. The Labute approximate surface area is 280 Å². The third kappa shape index (κ3) is 18.3. The van der Waals surface area contributed by atoms with Gasteiger partial charge >= 0.3 is 6.09 Å². The highest BCUT2D eigenvalue weighted by Crippen LogP contribution is 2.15. The number of hydrogen-bond acceptors (Lipinski definition) is 8. The van der Waals surface area contributed by atoms with Gasteiger partial charge in [-0.2, -0.15) is 0 Å². The quantitative estimate of drug-likeness (QED) is 0.164. The lowest BCUT2D eigenvalue weighted by atomic mass is 9.99. The molecular weight excluding hydrogens is 624 g/mol. The predicted molar refractivity (Wildman–Crippen MR) is 183 cm³/mol. The molecule has 0 spiro atoms. The molecule has 0 saturated heterocycles. The second-order valence-corrected chi connectivity index (χ2v) is 16.3. The highest BCUT2D eigenvalue weighted by Gasteiger charge is 2.32. The van der Waals surface area contributed by atoms with Crippen LogP contribution in [0.5, 0.6) is 5.75 Å². The van der Waals surface area contributed by atoms with Crippen LogP contribution >= 0.6 is 0 Å². The van der Waals surface area contributed by atoms with Gasteiger partial charge in [0.15, 0.2) is 9.84 Å². The molecule has 0 aliphatic carbocycles. The number of phenols is 1. The highest BCUT2D eigenvalue weighted by molar-refractivity contribution is 7.93. The summed E-state index contributed by atoms with van der Waals surface area (Å²) < 4.78 is 28.9.